The van der Waals surface area contributed by atoms with Gasteiger partial charge in [-0.2, -0.15) is 0 Å². The molecule has 1 aliphatic heterocycles. The van der Waals surface area contributed by atoms with Crippen molar-refractivity contribution in [1.82, 2.24) is 10.2 Å². The van der Waals surface area contributed by atoms with E-state index < -0.39 is 0 Å². The van der Waals surface area contributed by atoms with E-state index in [2.05, 4.69) is 39.8 Å². The van der Waals surface area contributed by atoms with Crippen molar-refractivity contribution in [1.29, 1.82) is 0 Å². The Kier molecular flexibility index (Phi) is 5.91. The number of carbonyl (C=O) groups excluding carboxylic acids is 2. The molecule has 0 spiro atoms. The Morgan fingerprint density at radius 3 is 2.25 bits per heavy atom. The highest BCUT2D eigenvalue weighted by Gasteiger charge is 2.30. The van der Waals surface area contributed by atoms with Gasteiger partial charge in [0.1, 0.15) is 0 Å². The topological polar surface area (TPSA) is 61.4 Å². The summed E-state index contributed by atoms with van der Waals surface area (Å²) in [5, 5.41) is 8.17. The van der Waals surface area contributed by atoms with Crippen molar-refractivity contribution in [2.45, 2.75) is 31.7 Å². The Balaban J connectivity index is 1.39. The monoisotopic (exact) mass is 427 g/mol. The molecule has 0 radical (unpaired) electrons. The van der Waals surface area contributed by atoms with Crippen LogP contribution in [0.2, 0.25) is 0 Å². The fourth-order valence-corrected chi connectivity index (χ4v) is 4.58. The van der Waals surface area contributed by atoms with E-state index in [1.807, 2.05) is 42.5 Å². The Labute approximate surface area is 188 Å². The minimum absolute atomic E-state index is 0.00793. The molecule has 2 N–H and O–H groups in total. The van der Waals surface area contributed by atoms with Gasteiger partial charge in [-0.05, 0) is 67.2 Å². The molecule has 0 bridgehead atoms. The van der Waals surface area contributed by atoms with Gasteiger partial charge in [0, 0.05) is 12.5 Å². The number of hydrogen-bond acceptors (Lipinski definition) is 3. The van der Waals surface area contributed by atoms with E-state index >= 15 is 0 Å². The van der Waals surface area contributed by atoms with Crippen molar-refractivity contribution < 1.29 is 9.59 Å². The van der Waals surface area contributed by atoms with Gasteiger partial charge in [0.2, 0.25) is 5.91 Å². The van der Waals surface area contributed by atoms with Gasteiger partial charge in [-0.3, -0.25) is 14.5 Å². The van der Waals surface area contributed by atoms with E-state index in [4.69, 9.17) is 0 Å². The van der Waals surface area contributed by atoms with Crippen LogP contribution in [0.25, 0.3) is 10.8 Å². The quantitative estimate of drug-likeness (QED) is 0.572. The Morgan fingerprint density at radius 1 is 0.906 bits per heavy atom. The minimum atomic E-state index is -0.151. The number of fused-ring (bicyclic) bond motifs is 1. The molecule has 164 valence electrons. The number of likely N-dealkylation sites (tertiary alicyclic amines) is 1. The molecule has 1 heterocycles. The third kappa shape index (κ3) is 4.53. The zero-order valence-electron chi connectivity index (χ0n) is 18.2. The summed E-state index contributed by atoms with van der Waals surface area (Å²) in [4.78, 5) is 28.3. The van der Waals surface area contributed by atoms with E-state index in [1.165, 1.54) is 18.4 Å². The molecule has 2 amide bonds. The van der Waals surface area contributed by atoms with E-state index in [0.29, 0.717) is 17.8 Å². The third-order valence-corrected chi connectivity index (χ3v) is 6.56. The molecular weight excluding hydrogens is 398 g/mol. The summed E-state index contributed by atoms with van der Waals surface area (Å²) in [6, 6.07) is 22.3. The highest BCUT2D eigenvalue weighted by atomic mass is 16.2. The first-order chi connectivity index (χ1) is 15.7. The van der Waals surface area contributed by atoms with Crippen molar-refractivity contribution in [3.05, 3.63) is 77.9 Å². The summed E-state index contributed by atoms with van der Waals surface area (Å²) in [5.74, 6) is -0.0643. The smallest absolute Gasteiger partial charge is 0.253 e. The fourth-order valence-electron chi connectivity index (χ4n) is 4.58. The normalized spacial score (nSPS) is 17.2. The molecule has 5 heteroatoms. The standard InChI is InChI=1S/C27H29N3O2/c31-26(20-12-13-20)29-24-17-22-11-5-4-10-21(22)16-23(24)27(32)28-18-25(30-14-6-7-15-30)19-8-2-1-3-9-19/h1-5,8-11,16-17,20,25H,6-7,12-15,18H2,(H,28,32)(H,29,31). The van der Waals surface area contributed by atoms with E-state index in [-0.39, 0.29) is 23.8 Å². The van der Waals surface area contributed by atoms with E-state index in [9.17, 15) is 9.59 Å². The Morgan fingerprint density at radius 2 is 1.56 bits per heavy atom. The number of carbonyl (C=O) groups is 2. The molecule has 32 heavy (non-hydrogen) atoms. The zero-order valence-corrected chi connectivity index (χ0v) is 18.2. The number of nitrogens with one attached hydrogen (secondary N) is 2. The summed E-state index contributed by atoms with van der Waals surface area (Å²) < 4.78 is 0. The minimum Gasteiger partial charge on any atom is -0.350 e. The van der Waals surface area contributed by atoms with Crippen LogP contribution >= 0.6 is 0 Å². The van der Waals surface area contributed by atoms with Crippen LogP contribution in [0.5, 0.6) is 0 Å². The van der Waals surface area contributed by atoms with Crippen LogP contribution in [0, 0.1) is 5.92 Å². The van der Waals surface area contributed by atoms with Crippen LogP contribution in [0.4, 0.5) is 5.69 Å². The lowest BCUT2D eigenvalue weighted by Crippen LogP contribution is -2.37. The van der Waals surface area contributed by atoms with E-state index in [1.54, 1.807) is 0 Å². The molecular formula is C27H29N3O2. The molecule has 2 fully saturated rings. The van der Waals surface area contributed by atoms with Gasteiger partial charge < -0.3 is 10.6 Å². The van der Waals surface area contributed by atoms with Gasteiger partial charge in [-0.25, -0.2) is 0 Å². The number of benzene rings is 3. The highest BCUT2D eigenvalue weighted by Crippen LogP contribution is 2.32. The molecule has 1 atom stereocenters. The average molecular weight is 428 g/mol. The first-order valence-corrected chi connectivity index (χ1v) is 11.6. The fraction of sp³-hybridized carbons (Fsp3) is 0.333. The summed E-state index contributed by atoms with van der Waals surface area (Å²) >= 11 is 0. The van der Waals surface area contributed by atoms with Crippen LogP contribution < -0.4 is 10.6 Å². The van der Waals surface area contributed by atoms with Gasteiger partial charge in [0.25, 0.3) is 5.91 Å². The molecule has 1 unspecified atom stereocenters. The Hall–Kier alpha value is -3.18. The number of hydrogen-bond donors (Lipinski definition) is 2. The van der Waals surface area contributed by atoms with Gasteiger partial charge in [-0.1, -0.05) is 54.6 Å². The summed E-state index contributed by atoms with van der Waals surface area (Å²) in [5.41, 5.74) is 2.33. The zero-order chi connectivity index (χ0) is 21.9. The van der Waals surface area contributed by atoms with Gasteiger partial charge in [0.05, 0.1) is 17.3 Å². The summed E-state index contributed by atoms with van der Waals surface area (Å²) in [6.45, 7) is 2.63. The number of anilines is 1. The molecule has 1 aliphatic carbocycles. The highest BCUT2D eigenvalue weighted by molar-refractivity contribution is 6.08. The van der Waals surface area contributed by atoms with Gasteiger partial charge in [-0.15, -0.1) is 0 Å². The summed E-state index contributed by atoms with van der Waals surface area (Å²) in [6.07, 6.45) is 4.24. The number of amides is 2. The molecule has 0 aromatic heterocycles. The second-order valence-electron chi connectivity index (χ2n) is 8.89. The average Bonchev–Trinajstić information content (AvgIpc) is 3.55. The Bertz CT molecular complexity index is 1120. The second-order valence-corrected chi connectivity index (χ2v) is 8.89. The molecule has 1 saturated carbocycles. The maximum atomic E-state index is 13.3. The van der Waals surface area contributed by atoms with E-state index in [0.717, 1.165) is 36.7 Å². The van der Waals surface area contributed by atoms with Gasteiger partial charge >= 0.3 is 0 Å². The van der Waals surface area contributed by atoms with Crippen molar-refractivity contribution in [2.75, 3.05) is 25.0 Å². The predicted molar refractivity (Wildman–Crippen MR) is 128 cm³/mol. The lowest BCUT2D eigenvalue weighted by atomic mass is 10.0. The van der Waals surface area contributed by atoms with Crippen LogP contribution in [0.15, 0.2) is 66.7 Å². The number of rotatable bonds is 7. The largest absolute Gasteiger partial charge is 0.350 e. The van der Waals surface area contributed by atoms with Crippen molar-refractivity contribution in [3.63, 3.8) is 0 Å². The second kappa shape index (κ2) is 9.13. The number of nitrogens with zero attached hydrogens (tertiary/aromatic N) is 1. The SMILES string of the molecule is O=C(NCC(c1ccccc1)N1CCCC1)c1cc2ccccc2cc1NC(=O)C1CC1. The molecule has 5 nitrogen and oxygen atoms in total. The molecule has 2 aliphatic rings. The lowest BCUT2D eigenvalue weighted by molar-refractivity contribution is -0.117. The molecule has 1 saturated heterocycles. The van der Waals surface area contributed by atoms with Crippen LogP contribution in [0.3, 0.4) is 0 Å². The van der Waals surface area contributed by atoms with Crippen LogP contribution in [-0.2, 0) is 4.79 Å². The van der Waals surface area contributed by atoms with Crippen LogP contribution in [-0.4, -0.2) is 36.3 Å². The maximum absolute atomic E-state index is 13.3. The predicted octanol–water partition coefficient (Wildman–Crippen LogP) is 4.76. The summed E-state index contributed by atoms with van der Waals surface area (Å²) in [7, 11) is 0. The first-order valence-electron chi connectivity index (χ1n) is 11.6. The first kappa shape index (κ1) is 20.7. The van der Waals surface area contributed by atoms with Crippen LogP contribution in [0.1, 0.15) is 47.6 Å². The van der Waals surface area contributed by atoms with Gasteiger partial charge in [0.15, 0.2) is 0 Å². The lowest BCUT2D eigenvalue weighted by Gasteiger charge is -2.28. The van der Waals surface area contributed by atoms with Crippen molar-refractivity contribution in [2.24, 2.45) is 5.92 Å². The molecule has 3 aromatic rings. The molecule has 5 rings (SSSR count). The molecule has 3 aromatic carbocycles. The third-order valence-electron chi connectivity index (χ3n) is 6.56. The van der Waals surface area contributed by atoms with Crippen molar-refractivity contribution in [3.8, 4) is 0 Å². The van der Waals surface area contributed by atoms with Crippen molar-refractivity contribution >= 4 is 28.3 Å². The maximum Gasteiger partial charge on any atom is 0.253 e.